The van der Waals surface area contributed by atoms with Gasteiger partial charge in [-0.25, -0.2) is 4.79 Å². The standard InChI is InChI=1S/C27H31N7O3S/c1-27(2,24(35)30-25-31-28-17-38-25)22-18-7-3-4-8-20(18)37-23-19(22)9-10-21(29-23)32-13-15-34(16-14-32)26(36)33-11-5-6-12-33/h3-4,7-10,17,22H,5-6,11-16H2,1-2H3,(H,30,31,35)/t22-/m0/s1. The summed E-state index contributed by atoms with van der Waals surface area (Å²) >= 11 is 1.29. The predicted molar refractivity (Wildman–Crippen MR) is 145 cm³/mol. The highest BCUT2D eigenvalue weighted by molar-refractivity contribution is 7.13. The van der Waals surface area contributed by atoms with Gasteiger partial charge in [0.1, 0.15) is 17.1 Å². The van der Waals surface area contributed by atoms with E-state index >= 15 is 0 Å². The van der Waals surface area contributed by atoms with E-state index in [4.69, 9.17) is 9.72 Å². The predicted octanol–water partition coefficient (Wildman–Crippen LogP) is 4.17. The maximum Gasteiger partial charge on any atom is 0.320 e. The van der Waals surface area contributed by atoms with Crippen LogP contribution in [-0.4, -0.2) is 76.2 Å². The number of hydrogen-bond acceptors (Lipinski definition) is 8. The first-order valence-corrected chi connectivity index (χ1v) is 13.9. The summed E-state index contributed by atoms with van der Waals surface area (Å²) in [5.41, 5.74) is 2.58. The molecule has 10 nitrogen and oxygen atoms in total. The van der Waals surface area contributed by atoms with Crippen molar-refractivity contribution >= 4 is 34.2 Å². The van der Waals surface area contributed by atoms with E-state index in [9.17, 15) is 9.59 Å². The molecule has 198 valence electrons. The molecule has 5 heterocycles. The second kappa shape index (κ2) is 9.86. The maximum atomic E-state index is 13.5. The van der Waals surface area contributed by atoms with E-state index in [0.717, 1.165) is 42.9 Å². The lowest BCUT2D eigenvalue weighted by molar-refractivity contribution is -0.124. The van der Waals surface area contributed by atoms with Gasteiger partial charge in [-0.1, -0.05) is 43.4 Å². The fourth-order valence-electron chi connectivity index (χ4n) is 5.63. The zero-order chi connectivity index (χ0) is 26.3. The molecule has 0 unspecified atom stereocenters. The monoisotopic (exact) mass is 533 g/mol. The molecule has 2 fully saturated rings. The SMILES string of the molecule is CC(C)(C(=O)Nc1nncs1)[C@H]1c2ccccc2Oc2nc(N3CCN(C(=O)N4CCCC4)CC3)ccc21. The summed E-state index contributed by atoms with van der Waals surface area (Å²) in [6, 6.07) is 12.0. The number of likely N-dealkylation sites (tertiary alicyclic amines) is 1. The van der Waals surface area contributed by atoms with Crippen LogP contribution in [0.25, 0.3) is 0 Å². The fourth-order valence-corrected chi connectivity index (χ4v) is 6.07. The fraction of sp³-hybridized carbons (Fsp3) is 0.444. The highest BCUT2D eigenvalue weighted by Crippen LogP contribution is 2.52. The number of anilines is 2. The van der Waals surface area contributed by atoms with Gasteiger partial charge in [-0.2, -0.15) is 4.98 Å². The first-order chi connectivity index (χ1) is 18.4. The summed E-state index contributed by atoms with van der Waals surface area (Å²) in [5, 5.41) is 11.2. The molecule has 2 saturated heterocycles. The Morgan fingerprint density at radius 2 is 1.71 bits per heavy atom. The average molecular weight is 534 g/mol. The van der Waals surface area contributed by atoms with Crippen molar-refractivity contribution in [2.24, 2.45) is 5.41 Å². The molecular weight excluding hydrogens is 502 g/mol. The molecule has 11 heteroatoms. The van der Waals surface area contributed by atoms with Gasteiger partial charge in [-0.3, -0.25) is 4.79 Å². The number of hydrogen-bond donors (Lipinski definition) is 1. The van der Waals surface area contributed by atoms with Crippen molar-refractivity contribution in [1.29, 1.82) is 0 Å². The van der Waals surface area contributed by atoms with E-state index in [0.29, 0.717) is 42.9 Å². The number of carbonyl (C=O) groups is 2. The molecule has 0 spiro atoms. The third kappa shape index (κ3) is 4.44. The Kier molecular flexibility index (Phi) is 6.38. The Bertz CT molecular complexity index is 1330. The van der Waals surface area contributed by atoms with Crippen molar-refractivity contribution in [3.8, 4) is 11.6 Å². The normalized spacial score (nSPS) is 19.0. The van der Waals surface area contributed by atoms with Gasteiger partial charge in [0.25, 0.3) is 0 Å². The number of benzene rings is 1. The topological polar surface area (TPSA) is 104 Å². The van der Waals surface area contributed by atoms with Gasteiger partial charge in [0, 0.05) is 56.3 Å². The van der Waals surface area contributed by atoms with Crippen LogP contribution in [0.1, 0.15) is 43.7 Å². The Morgan fingerprint density at radius 3 is 2.45 bits per heavy atom. The zero-order valence-corrected chi connectivity index (χ0v) is 22.4. The largest absolute Gasteiger partial charge is 0.438 e. The molecule has 1 atom stereocenters. The summed E-state index contributed by atoms with van der Waals surface area (Å²) in [4.78, 5) is 37.3. The van der Waals surface area contributed by atoms with Gasteiger partial charge in [0.2, 0.25) is 16.9 Å². The van der Waals surface area contributed by atoms with Crippen LogP contribution in [0.4, 0.5) is 15.7 Å². The summed E-state index contributed by atoms with van der Waals surface area (Å²) in [6.45, 7) is 8.34. The number of urea groups is 1. The highest BCUT2D eigenvalue weighted by Gasteiger charge is 2.44. The second-order valence-electron chi connectivity index (χ2n) is 10.5. The van der Waals surface area contributed by atoms with E-state index in [1.807, 2.05) is 60.0 Å². The van der Waals surface area contributed by atoms with E-state index in [1.54, 1.807) is 5.51 Å². The summed E-state index contributed by atoms with van der Waals surface area (Å²) in [7, 11) is 0. The smallest absolute Gasteiger partial charge is 0.320 e. The molecule has 0 saturated carbocycles. The Labute approximate surface area is 225 Å². The number of nitrogens with zero attached hydrogens (tertiary/aromatic N) is 6. The van der Waals surface area contributed by atoms with Crippen molar-refractivity contribution in [1.82, 2.24) is 25.0 Å². The van der Waals surface area contributed by atoms with Crippen LogP contribution in [0, 0.1) is 5.41 Å². The van der Waals surface area contributed by atoms with Crippen molar-refractivity contribution in [3.05, 3.63) is 53.0 Å². The highest BCUT2D eigenvalue weighted by atomic mass is 32.1. The minimum Gasteiger partial charge on any atom is -0.438 e. The number of piperazine rings is 1. The van der Waals surface area contributed by atoms with E-state index in [2.05, 4.69) is 20.4 Å². The van der Waals surface area contributed by atoms with Crippen LogP contribution in [0.2, 0.25) is 0 Å². The minimum atomic E-state index is -0.828. The van der Waals surface area contributed by atoms with Gasteiger partial charge in [0.05, 0.1) is 5.41 Å². The Hall–Kier alpha value is -3.73. The summed E-state index contributed by atoms with van der Waals surface area (Å²) in [5.74, 6) is 1.61. The molecule has 3 aromatic rings. The maximum absolute atomic E-state index is 13.5. The Morgan fingerprint density at radius 1 is 0.974 bits per heavy atom. The zero-order valence-electron chi connectivity index (χ0n) is 21.6. The molecule has 0 aliphatic carbocycles. The first-order valence-electron chi connectivity index (χ1n) is 13.1. The molecule has 3 aliphatic rings. The Balaban J connectivity index is 1.25. The van der Waals surface area contributed by atoms with Gasteiger partial charge >= 0.3 is 6.03 Å². The van der Waals surface area contributed by atoms with Gasteiger partial charge in [-0.05, 0) is 31.0 Å². The molecule has 38 heavy (non-hydrogen) atoms. The number of ether oxygens (including phenoxy) is 1. The lowest BCUT2D eigenvalue weighted by atomic mass is 9.70. The molecule has 1 N–H and O–H groups in total. The van der Waals surface area contributed by atoms with Crippen LogP contribution < -0.4 is 15.0 Å². The van der Waals surface area contributed by atoms with Crippen LogP contribution >= 0.6 is 11.3 Å². The second-order valence-corrected chi connectivity index (χ2v) is 11.3. The number of aromatic nitrogens is 3. The molecule has 3 aliphatic heterocycles. The van der Waals surface area contributed by atoms with E-state index < -0.39 is 5.41 Å². The molecule has 3 amide bonds. The van der Waals surface area contributed by atoms with Crippen molar-refractivity contribution in [3.63, 3.8) is 0 Å². The number of para-hydroxylation sites is 1. The number of amides is 3. The lowest BCUT2D eigenvalue weighted by Gasteiger charge is -2.39. The molecule has 1 aromatic carbocycles. The number of rotatable bonds is 4. The van der Waals surface area contributed by atoms with Crippen LogP contribution in [0.3, 0.4) is 0 Å². The number of pyridine rings is 1. The van der Waals surface area contributed by atoms with Crippen molar-refractivity contribution in [2.45, 2.75) is 32.6 Å². The number of nitrogens with one attached hydrogen (secondary N) is 1. The van der Waals surface area contributed by atoms with Crippen LogP contribution in [-0.2, 0) is 4.79 Å². The molecule has 0 bridgehead atoms. The van der Waals surface area contributed by atoms with Crippen molar-refractivity contribution in [2.75, 3.05) is 49.5 Å². The summed E-state index contributed by atoms with van der Waals surface area (Å²) < 4.78 is 6.29. The third-order valence-corrected chi connectivity index (χ3v) is 8.37. The van der Waals surface area contributed by atoms with Gasteiger partial charge in [0.15, 0.2) is 0 Å². The lowest BCUT2D eigenvalue weighted by Crippen LogP contribution is -2.52. The van der Waals surface area contributed by atoms with Crippen molar-refractivity contribution < 1.29 is 14.3 Å². The van der Waals surface area contributed by atoms with Gasteiger partial charge < -0.3 is 24.8 Å². The summed E-state index contributed by atoms with van der Waals surface area (Å²) in [6.07, 6.45) is 2.19. The average Bonchev–Trinajstić information content (AvgIpc) is 3.66. The molecule has 0 radical (unpaired) electrons. The van der Waals surface area contributed by atoms with E-state index in [1.165, 1.54) is 11.3 Å². The quantitative estimate of drug-likeness (QED) is 0.537. The molecule has 6 rings (SSSR count). The van der Waals surface area contributed by atoms with E-state index in [-0.39, 0.29) is 17.9 Å². The van der Waals surface area contributed by atoms with Gasteiger partial charge in [-0.15, -0.1) is 10.2 Å². The van der Waals surface area contributed by atoms with Crippen LogP contribution in [0.15, 0.2) is 41.9 Å². The third-order valence-electron chi connectivity index (χ3n) is 7.76. The number of carbonyl (C=O) groups excluding carboxylic acids is 2. The first kappa shape index (κ1) is 24.6. The molecular formula is C27H31N7O3S. The molecule has 2 aromatic heterocycles. The number of fused-ring (bicyclic) bond motifs is 2. The van der Waals surface area contributed by atoms with Crippen LogP contribution in [0.5, 0.6) is 11.6 Å². The minimum absolute atomic E-state index is 0.148.